The van der Waals surface area contributed by atoms with E-state index in [4.69, 9.17) is 4.74 Å². The third-order valence-electron chi connectivity index (χ3n) is 13.4. The fraction of sp³-hybridized carbons (Fsp3) is 0.900. The Kier molecular flexibility index (Phi) is 4.51. The zero-order valence-corrected chi connectivity index (χ0v) is 22.4. The largest absolute Gasteiger partial charge is 0.481 e. The van der Waals surface area contributed by atoms with Crippen molar-refractivity contribution in [2.45, 2.75) is 118 Å². The minimum Gasteiger partial charge on any atom is -0.481 e. The highest BCUT2D eigenvalue weighted by Crippen LogP contribution is 2.77. The molecule has 5 aliphatic carbocycles. The maximum atomic E-state index is 12.9. The minimum atomic E-state index is -0.743. The van der Waals surface area contributed by atoms with Crippen LogP contribution in [0, 0.1) is 50.2 Å². The van der Waals surface area contributed by atoms with Crippen molar-refractivity contribution in [3.8, 4) is 0 Å². The number of epoxide rings is 1. The number of aliphatic hydroxyl groups excluding tert-OH is 1. The van der Waals surface area contributed by atoms with Gasteiger partial charge in [-0.25, -0.2) is 0 Å². The van der Waals surface area contributed by atoms with E-state index >= 15 is 0 Å². The summed E-state index contributed by atoms with van der Waals surface area (Å²) in [5.41, 5.74) is 1.11. The molecule has 0 bridgehead atoms. The van der Waals surface area contributed by atoms with Gasteiger partial charge in [-0.3, -0.25) is 4.79 Å². The van der Waals surface area contributed by atoms with Crippen LogP contribution in [0.3, 0.4) is 0 Å². The molecular weight excluding hydrogens is 424 g/mol. The number of carboxylic acid groups (broad SMARTS) is 1. The maximum absolute atomic E-state index is 12.9. The van der Waals surface area contributed by atoms with Crippen molar-refractivity contribution in [1.29, 1.82) is 0 Å². The lowest BCUT2D eigenvalue weighted by Crippen LogP contribution is -2.65. The van der Waals surface area contributed by atoms with Gasteiger partial charge in [-0.1, -0.05) is 60.1 Å². The molecule has 5 fully saturated rings. The zero-order chi connectivity index (χ0) is 24.7. The van der Waals surface area contributed by atoms with Gasteiger partial charge in [0.15, 0.2) is 0 Å². The Morgan fingerprint density at radius 3 is 2.32 bits per heavy atom. The summed E-state index contributed by atoms with van der Waals surface area (Å²) in [5, 5.41) is 21.5. The molecule has 4 nitrogen and oxygen atoms in total. The smallest absolute Gasteiger partial charge is 0.313 e. The van der Waals surface area contributed by atoms with Crippen LogP contribution in [0.2, 0.25) is 0 Å². The Morgan fingerprint density at radius 1 is 0.941 bits per heavy atom. The summed E-state index contributed by atoms with van der Waals surface area (Å²) in [6.07, 6.45) is 10.3. The molecule has 0 amide bonds. The highest BCUT2D eigenvalue weighted by Gasteiger charge is 2.75. The van der Waals surface area contributed by atoms with Gasteiger partial charge in [0.2, 0.25) is 0 Å². The SMILES string of the molecule is CC1(C)CC2C3=CCC4C5(C)CCC(O)C(C)(C)C5CCC4(C)C3(C)CCC2(C(=O)O)C2OC21. The lowest BCUT2D eigenvalue weighted by atomic mass is 9.33. The molecule has 2 N–H and O–H groups in total. The molecule has 34 heavy (non-hydrogen) atoms. The number of rotatable bonds is 1. The van der Waals surface area contributed by atoms with Gasteiger partial charge in [0.1, 0.15) is 11.5 Å². The van der Waals surface area contributed by atoms with Gasteiger partial charge in [0.25, 0.3) is 0 Å². The molecule has 1 heterocycles. The molecule has 0 aromatic rings. The third kappa shape index (κ3) is 2.46. The van der Waals surface area contributed by atoms with Crippen LogP contribution in [-0.2, 0) is 9.53 Å². The van der Waals surface area contributed by atoms with E-state index in [0.717, 1.165) is 38.5 Å². The lowest BCUT2D eigenvalue weighted by Gasteiger charge is -2.71. The van der Waals surface area contributed by atoms with Crippen LogP contribution in [0.4, 0.5) is 0 Å². The second kappa shape index (κ2) is 6.52. The first-order valence-corrected chi connectivity index (χ1v) is 13.9. The molecule has 4 heteroatoms. The van der Waals surface area contributed by atoms with Gasteiger partial charge in [0, 0.05) is 0 Å². The Morgan fingerprint density at radius 2 is 1.65 bits per heavy atom. The fourth-order valence-electron chi connectivity index (χ4n) is 11.1. The summed E-state index contributed by atoms with van der Waals surface area (Å²) < 4.78 is 6.16. The molecule has 0 aromatic carbocycles. The molecule has 6 rings (SSSR count). The number of ether oxygens (including phenoxy) is 1. The van der Waals surface area contributed by atoms with Crippen molar-refractivity contribution < 1.29 is 19.7 Å². The number of carbonyl (C=O) groups is 1. The molecule has 10 atom stereocenters. The lowest BCUT2D eigenvalue weighted by molar-refractivity contribution is -0.204. The highest BCUT2D eigenvalue weighted by molar-refractivity contribution is 5.78. The number of aliphatic carboxylic acids is 1. The van der Waals surface area contributed by atoms with Crippen LogP contribution in [0.25, 0.3) is 0 Å². The number of hydrogen-bond acceptors (Lipinski definition) is 3. The Balaban J connectivity index is 1.45. The highest BCUT2D eigenvalue weighted by atomic mass is 16.6. The van der Waals surface area contributed by atoms with E-state index in [9.17, 15) is 15.0 Å². The van der Waals surface area contributed by atoms with Crippen molar-refractivity contribution in [3.05, 3.63) is 11.6 Å². The normalized spacial score (nSPS) is 56.5. The molecule has 190 valence electrons. The first-order valence-electron chi connectivity index (χ1n) is 13.9. The molecule has 1 aliphatic heterocycles. The first kappa shape index (κ1) is 23.5. The van der Waals surface area contributed by atoms with Crippen LogP contribution in [0.5, 0.6) is 0 Å². The van der Waals surface area contributed by atoms with E-state index in [1.54, 1.807) is 0 Å². The number of carboxylic acids is 1. The van der Waals surface area contributed by atoms with Crippen molar-refractivity contribution in [1.82, 2.24) is 0 Å². The quantitative estimate of drug-likeness (QED) is 0.352. The summed E-state index contributed by atoms with van der Waals surface area (Å²) in [6, 6.07) is 0. The van der Waals surface area contributed by atoms with E-state index in [-0.39, 0.29) is 51.3 Å². The molecule has 10 unspecified atom stereocenters. The topological polar surface area (TPSA) is 70.1 Å². The second-order valence-corrected chi connectivity index (χ2v) is 15.2. The Hall–Kier alpha value is -0.870. The van der Waals surface area contributed by atoms with Gasteiger partial charge in [-0.2, -0.15) is 0 Å². The molecule has 4 saturated carbocycles. The molecule has 0 radical (unpaired) electrons. The van der Waals surface area contributed by atoms with E-state index in [1.165, 1.54) is 18.4 Å². The summed E-state index contributed by atoms with van der Waals surface area (Å²) in [5.74, 6) is 0.569. The number of aliphatic hydroxyl groups is 1. The molecule has 0 spiro atoms. The predicted octanol–water partition coefficient (Wildman–Crippen LogP) is 6.22. The Bertz CT molecular complexity index is 965. The van der Waals surface area contributed by atoms with Gasteiger partial charge in [-0.15, -0.1) is 0 Å². The molecule has 0 aromatic heterocycles. The maximum Gasteiger partial charge on any atom is 0.313 e. The van der Waals surface area contributed by atoms with Crippen LogP contribution >= 0.6 is 0 Å². The molecule has 1 saturated heterocycles. The molecule has 6 aliphatic rings. The van der Waals surface area contributed by atoms with Crippen molar-refractivity contribution in [2.75, 3.05) is 0 Å². The minimum absolute atomic E-state index is 0.0261. The number of hydrogen-bond donors (Lipinski definition) is 2. The second-order valence-electron chi connectivity index (χ2n) is 15.2. The summed E-state index contributed by atoms with van der Waals surface area (Å²) in [4.78, 5) is 12.9. The zero-order valence-electron chi connectivity index (χ0n) is 22.4. The fourth-order valence-corrected chi connectivity index (χ4v) is 11.1. The number of fused-ring (bicyclic) bond motifs is 9. The summed E-state index contributed by atoms with van der Waals surface area (Å²) in [7, 11) is 0. The van der Waals surface area contributed by atoms with Gasteiger partial charge >= 0.3 is 5.97 Å². The van der Waals surface area contributed by atoms with E-state index in [2.05, 4.69) is 54.5 Å². The van der Waals surface area contributed by atoms with Gasteiger partial charge < -0.3 is 14.9 Å². The average molecular weight is 471 g/mol. The summed E-state index contributed by atoms with van der Waals surface area (Å²) in [6.45, 7) is 16.7. The third-order valence-corrected chi connectivity index (χ3v) is 13.4. The van der Waals surface area contributed by atoms with Crippen molar-refractivity contribution in [3.63, 3.8) is 0 Å². The average Bonchev–Trinajstić information content (AvgIpc) is 3.54. The van der Waals surface area contributed by atoms with Crippen molar-refractivity contribution in [2.24, 2.45) is 50.2 Å². The monoisotopic (exact) mass is 470 g/mol. The standard InChI is InChI=1S/C30H46O4/c1-25(2)16-18-17-8-9-20-27(5)12-11-21(31)26(3,4)19(27)10-13-29(20,7)28(17,6)14-15-30(18,24(32)33)23-22(25)34-23/h8,18-23,31H,9-16H2,1-7H3,(H,32,33). The van der Waals surface area contributed by atoms with Crippen molar-refractivity contribution >= 4 is 5.97 Å². The van der Waals surface area contributed by atoms with E-state index in [0.29, 0.717) is 11.8 Å². The summed E-state index contributed by atoms with van der Waals surface area (Å²) >= 11 is 0. The van der Waals surface area contributed by atoms with Crippen LogP contribution in [-0.4, -0.2) is 34.5 Å². The van der Waals surface area contributed by atoms with Crippen LogP contribution in [0.1, 0.15) is 99.8 Å². The first-order chi connectivity index (χ1) is 15.7. The predicted molar refractivity (Wildman–Crippen MR) is 132 cm³/mol. The Labute approximate surface area is 205 Å². The van der Waals surface area contributed by atoms with Crippen LogP contribution in [0.15, 0.2) is 11.6 Å². The van der Waals surface area contributed by atoms with Gasteiger partial charge in [0.05, 0.1) is 12.2 Å². The van der Waals surface area contributed by atoms with E-state index in [1.807, 2.05) is 0 Å². The van der Waals surface area contributed by atoms with E-state index < -0.39 is 11.4 Å². The van der Waals surface area contributed by atoms with Gasteiger partial charge in [-0.05, 0) is 96.2 Å². The van der Waals surface area contributed by atoms with Crippen LogP contribution < -0.4 is 0 Å². The number of allylic oxidation sites excluding steroid dienone is 2. The molecular formula is C30H46O4.